The second-order valence-corrected chi connectivity index (χ2v) is 3.66. The van der Waals surface area contributed by atoms with E-state index in [1.165, 1.54) is 0 Å². The Morgan fingerprint density at radius 2 is 2.38 bits per heavy atom. The molecule has 1 aliphatic carbocycles. The normalized spacial score (nSPS) is 21.2. The molecule has 1 amide bonds. The first kappa shape index (κ1) is 10.0. The number of amides is 1. The Hall–Kier alpha value is -1.05. The molecule has 2 nitrogen and oxygen atoms in total. The summed E-state index contributed by atoms with van der Waals surface area (Å²) in [7, 11) is 0. The Kier molecular flexibility index (Phi) is 3.74. The van der Waals surface area contributed by atoms with Crippen LogP contribution in [0, 0.1) is 5.92 Å². The van der Waals surface area contributed by atoms with Crippen molar-refractivity contribution in [3.8, 4) is 0 Å². The zero-order valence-corrected chi connectivity index (χ0v) is 8.18. The van der Waals surface area contributed by atoms with E-state index in [9.17, 15) is 4.79 Å². The quantitative estimate of drug-likeness (QED) is 0.660. The minimum atomic E-state index is 0.173. The third-order valence-electron chi connectivity index (χ3n) is 2.20. The summed E-state index contributed by atoms with van der Waals surface area (Å²) in [5.74, 6) is 0.358. The van der Waals surface area contributed by atoms with Crippen molar-refractivity contribution in [3.63, 3.8) is 0 Å². The first-order valence-electron chi connectivity index (χ1n) is 4.77. The van der Waals surface area contributed by atoms with Gasteiger partial charge in [0.25, 0.3) is 0 Å². The summed E-state index contributed by atoms with van der Waals surface area (Å²) in [4.78, 5) is 11.5. The van der Waals surface area contributed by atoms with Gasteiger partial charge in [-0.2, -0.15) is 0 Å². The van der Waals surface area contributed by atoms with Crippen LogP contribution in [-0.2, 0) is 4.79 Å². The lowest BCUT2D eigenvalue weighted by Crippen LogP contribution is -2.32. The van der Waals surface area contributed by atoms with E-state index in [-0.39, 0.29) is 11.8 Å². The van der Waals surface area contributed by atoms with E-state index in [2.05, 4.69) is 24.0 Å². The molecule has 0 bridgehead atoms. The summed E-state index contributed by atoms with van der Waals surface area (Å²) in [6.45, 7) is 6.27. The van der Waals surface area contributed by atoms with Crippen molar-refractivity contribution in [1.29, 1.82) is 0 Å². The Bertz CT molecular complexity index is 230. The van der Waals surface area contributed by atoms with Crippen LogP contribution in [0.5, 0.6) is 0 Å². The maximum Gasteiger partial charge on any atom is 0.223 e. The van der Waals surface area contributed by atoms with Crippen molar-refractivity contribution < 1.29 is 4.79 Å². The number of rotatable bonds is 3. The lowest BCUT2D eigenvalue weighted by atomic mass is 9.94. The molecule has 0 aromatic rings. The minimum absolute atomic E-state index is 0.173. The van der Waals surface area contributed by atoms with E-state index in [0.29, 0.717) is 6.54 Å². The highest BCUT2D eigenvalue weighted by atomic mass is 16.1. The average Bonchev–Trinajstić information content (AvgIpc) is 2.15. The van der Waals surface area contributed by atoms with Gasteiger partial charge in [0.15, 0.2) is 0 Å². The SMILES string of the molecule is C=C(C)CNC(=O)C1CC=CCC1. The van der Waals surface area contributed by atoms with Crippen LogP contribution in [0.25, 0.3) is 0 Å². The molecular weight excluding hydrogens is 162 g/mol. The van der Waals surface area contributed by atoms with Gasteiger partial charge in [0.1, 0.15) is 0 Å². The highest BCUT2D eigenvalue weighted by Gasteiger charge is 2.17. The molecule has 1 rings (SSSR count). The molecular formula is C11H17NO. The predicted molar refractivity (Wildman–Crippen MR) is 54.3 cm³/mol. The smallest absolute Gasteiger partial charge is 0.223 e. The third-order valence-corrected chi connectivity index (χ3v) is 2.20. The van der Waals surface area contributed by atoms with Crippen LogP contribution in [-0.4, -0.2) is 12.5 Å². The van der Waals surface area contributed by atoms with Gasteiger partial charge in [-0.1, -0.05) is 24.3 Å². The van der Waals surface area contributed by atoms with E-state index >= 15 is 0 Å². The highest BCUT2D eigenvalue weighted by molar-refractivity contribution is 5.79. The molecule has 0 radical (unpaired) electrons. The first-order valence-corrected chi connectivity index (χ1v) is 4.77. The van der Waals surface area contributed by atoms with Gasteiger partial charge in [0.05, 0.1) is 0 Å². The fraction of sp³-hybridized carbons (Fsp3) is 0.545. The van der Waals surface area contributed by atoms with Crippen molar-refractivity contribution in [3.05, 3.63) is 24.3 Å². The zero-order chi connectivity index (χ0) is 9.68. The standard InChI is InChI=1S/C11H17NO/c1-9(2)8-12-11(13)10-6-4-3-5-7-10/h3-4,10H,1,5-8H2,2H3,(H,12,13). The summed E-state index contributed by atoms with van der Waals surface area (Å²) in [5, 5.41) is 2.88. The van der Waals surface area contributed by atoms with Gasteiger partial charge in [0.2, 0.25) is 5.91 Å². The Morgan fingerprint density at radius 3 is 2.92 bits per heavy atom. The topological polar surface area (TPSA) is 29.1 Å². The molecule has 1 N–H and O–H groups in total. The fourth-order valence-corrected chi connectivity index (χ4v) is 1.41. The van der Waals surface area contributed by atoms with Gasteiger partial charge < -0.3 is 5.32 Å². The molecule has 1 aliphatic rings. The van der Waals surface area contributed by atoms with Crippen LogP contribution in [0.2, 0.25) is 0 Å². The molecule has 0 spiro atoms. The molecule has 13 heavy (non-hydrogen) atoms. The molecule has 72 valence electrons. The monoisotopic (exact) mass is 179 g/mol. The average molecular weight is 179 g/mol. The lowest BCUT2D eigenvalue weighted by Gasteiger charge is -2.17. The molecule has 1 unspecified atom stereocenters. The second kappa shape index (κ2) is 4.85. The largest absolute Gasteiger partial charge is 0.352 e. The highest BCUT2D eigenvalue weighted by Crippen LogP contribution is 2.17. The number of nitrogens with one attached hydrogen (secondary N) is 1. The van der Waals surface area contributed by atoms with Crippen LogP contribution < -0.4 is 5.32 Å². The number of hydrogen-bond acceptors (Lipinski definition) is 1. The van der Waals surface area contributed by atoms with Crippen molar-refractivity contribution in [2.75, 3.05) is 6.54 Å². The predicted octanol–water partition coefficient (Wildman–Crippen LogP) is 2.04. The number of carbonyl (C=O) groups is 1. The summed E-state index contributed by atoms with van der Waals surface area (Å²) >= 11 is 0. The van der Waals surface area contributed by atoms with Gasteiger partial charge in [-0.15, -0.1) is 0 Å². The van der Waals surface area contributed by atoms with Gasteiger partial charge in [-0.3, -0.25) is 4.79 Å². The maximum absolute atomic E-state index is 11.5. The van der Waals surface area contributed by atoms with Crippen LogP contribution in [0.3, 0.4) is 0 Å². The summed E-state index contributed by atoms with van der Waals surface area (Å²) in [6, 6.07) is 0. The Labute approximate surface area is 79.7 Å². The number of allylic oxidation sites excluding steroid dienone is 2. The van der Waals surface area contributed by atoms with Crippen LogP contribution >= 0.6 is 0 Å². The van der Waals surface area contributed by atoms with Gasteiger partial charge >= 0.3 is 0 Å². The second-order valence-electron chi connectivity index (χ2n) is 3.66. The molecule has 2 heteroatoms. The summed E-state index contributed by atoms with van der Waals surface area (Å²) < 4.78 is 0. The van der Waals surface area contributed by atoms with E-state index in [0.717, 1.165) is 24.8 Å². The first-order chi connectivity index (χ1) is 6.20. The van der Waals surface area contributed by atoms with Crippen LogP contribution in [0.4, 0.5) is 0 Å². The van der Waals surface area contributed by atoms with Crippen molar-refractivity contribution in [1.82, 2.24) is 5.32 Å². The van der Waals surface area contributed by atoms with Crippen LogP contribution in [0.1, 0.15) is 26.2 Å². The van der Waals surface area contributed by atoms with Crippen molar-refractivity contribution in [2.45, 2.75) is 26.2 Å². The molecule has 0 aromatic carbocycles. The Balaban J connectivity index is 2.30. The summed E-state index contributed by atoms with van der Waals surface area (Å²) in [6.07, 6.45) is 7.14. The molecule has 1 atom stereocenters. The summed E-state index contributed by atoms with van der Waals surface area (Å²) in [5.41, 5.74) is 1.000. The van der Waals surface area contributed by atoms with Gasteiger partial charge in [0, 0.05) is 12.5 Å². The number of carbonyl (C=O) groups excluding carboxylic acids is 1. The van der Waals surface area contributed by atoms with E-state index in [4.69, 9.17) is 0 Å². The van der Waals surface area contributed by atoms with E-state index in [1.807, 2.05) is 6.92 Å². The van der Waals surface area contributed by atoms with Gasteiger partial charge in [-0.05, 0) is 26.2 Å². The zero-order valence-electron chi connectivity index (χ0n) is 8.18. The van der Waals surface area contributed by atoms with Crippen molar-refractivity contribution >= 4 is 5.91 Å². The minimum Gasteiger partial charge on any atom is -0.352 e. The van der Waals surface area contributed by atoms with Crippen molar-refractivity contribution in [2.24, 2.45) is 5.92 Å². The molecule has 0 saturated heterocycles. The number of hydrogen-bond donors (Lipinski definition) is 1. The fourth-order valence-electron chi connectivity index (χ4n) is 1.41. The third kappa shape index (κ3) is 3.45. The van der Waals surface area contributed by atoms with E-state index in [1.54, 1.807) is 0 Å². The molecule has 0 aliphatic heterocycles. The molecule has 0 fully saturated rings. The van der Waals surface area contributed by atoms with Crippen LogP contribution in [0.15, 0.2) is 24.3 Å². The maximum atomic E-state index is 11.5. The van der Waals surface area contributed by atoms with Gasteiger partial charge in [-0.25, -0.2) is 0 Å². The molecule has 0 aromatic heterocycles. The lowest BCUT2D eigenvalue weighted by molar-refractivity contribution is -0.125. The molecule has 0 saturated carbocycles. The molecule has 0 heterocycles. The van der Waals surface area contributed by atoms with E-state index < -0.39 is 0 Å². The Morgan fingerprint density at radius 1 is 1.62 bits per heavy atom.